The highest BCUT2D eigenvalue weighted by atomic mass is 32.2. The van der Waals surface area contributed by atoms with E-state index < -0.39 is 15.5 Å². The summed E-state index contributed by atoms with van der Waals surface area (Å²) in [5.41, 5.74) is 1.83. The van der Waals surface area contributed by atoms with E-state index in [4.69, 9.17) is 4.18 Å². The normalized spacial score (nSPS) is 20.7. The number of hydrogen-bond donors (Lipinski definition) is 0. The lowest BCUT2D eigenvalue weighted by Crippen LogP contribution is -2.38. The van der Waals surface area contributed by atoms with E-state index in [9.17, 15) is 13.2 Å². The second-order valence-corrected chi connectivity index (χ2v) is 8.19. The maximum Gasteiger partial charge on any atom is 0.297 e. The second-order valence-electron chi connectivity index (χ2n) is 6.58. The van der Waals surface area contributed by atoms with Crippen LogP contribution in [0.5, 0.6) is 0 Å². The third-order valence-electron chi connectivity index (χ3n) is 4.60. The topological polar surface area (TPSA) is 60.4 Å². The Labute approximate surface area is 142 Å². The maximum atomic E-state index is 12.8. The summed E-state index contributed by atoms with van der Waals surface area (Å²) in [6.45, 7) is 3.52. The molecule has 0 saturated heterocycles. The summed E-state index contributed by atoms with van der Waals surface area (Å²) in [5.74, 6) is -0.0524. The highest BCUT2D eigenvalue weighted by Gasteiger charge is 2.39. The van der Waals surface area contributed by atoms with Gasteiger partial charge in [0.2, 0.25) is 0 Å². The van der Waals surface area contributed by atoms with E-state index in [0.717, 1.165) is 17.5 Å². The van der Waals surface area contributed by atoms with E-state index in [0.29, 0.717) is 12.0 Å². The van der Waals surface area contributed by atoms with E-state index in [1.807, 2.05) is 25.1 Å². The van der Waals surface area contributed by atoms with Gasteiger partial charge < -0.3 is 0 Å². The van der Waals surface area contributed by atoms with E-state index in [2.05, 4.69) is 0 Å². The molecule has 126 valence electrons. The number of benzene rings is 2. The number of carbonyl (C=O) groups excluding carboxylic acids is 1. The molecule has 0 saturated carbocycles. The van der Waals surface area contributed by atoms with E-state index in [1.165, 1.54) is 12.1 Å². The highest BCUT2D eigenvalue weighted by molar-refractivity contribution is 7.86. The Morgan fingerprint density at radius 1 is 1.08 bits per heavy atom. The minimum absolute atomic E-state index is 0.0524. The minimum atomic E-state index is -3.87. The second kappa shape index (κ2) is 6.15. The number of carbonyl (C=O) groups is 1. The fourth-order valence-corrected chi connectivity index (χ4v) is 3.95. The molecule has 2 aromatic carbocycles. The summed E-state index contributed by atoms with van der Waals surface area (Å²) in [6, 6.07) is 14.0. The number of aryl methyl sites for hydroxylation is 2. The first kappa shape index (κ1) is 16.9. The van der Waals surface area contributed by atoms with Gasteiger partial charge in [-0.2, -0.15) is 8.42 Å². The van der Waals surface area contributed by atoms with Crippen molar-refractivity contribution in [1.82, 2.24) is 0 Å². The van der Waals surface area contributed by atoms with Gasteiger partial charge in [-0.3, -0.25) is 8.98 Å². The van der Waals surface area contributed by atoms with Crippen LogP contribution in [0.25, 0.3) is 0 Å². The maximum absolute atomic E-state index is 12.8. The Bertz CT molecular complexity index is 868. The van der Waals surface area contributed by atoms with E-state index in [-0.39, 0.29) is 17.3 Å². The van der Waals surface area contributed by atoms with Crippen molar-refractivity contribution in [3.63, 3.8) is 0 Å². The standard InChI is InChI=1S/C19H20O4S/c1-14-7-9-16(10-8-14)24(21,22)23-13-19(2)12-11-15-5-3-4-6-17(15)18(19)20/h3-10H,11-13H2,1-2H3. The van der Waals surface area contributed by atoms with Gasteiger partial charge in [-0.25, -0.2) is 0 Å². The van der Waals surface area contributed by atoms with E-state index in [1.54, 1.807) is 25.1 Å². The van der Waals surface area contributed by atoms with E-state index >= 15 is 0 Å². The lowest BCUT2D eigenvalue weighted by Gasteiger charge is -2.32. The minimum Gasteiger partial charge on any atom is -0.293 e. The number of hydrogen-bond acceptors (Lipinski definition) is 4. The Kier molecular flexibility index (Phi) is 4.32. The molecule has 1 atom stereocenters. The quantitative estimate of drug-likeness (QED) is 0.796. The zero-order chi connectivity index (χ0) is 17.4. The van der Waals surface area contributed by atoms with Crippen molar-refractivity contribution in [3.8, 4) is 0 Å². The number of rotatable bonds is 4. The van der Waals surface area contributed by atoms with Crippen LogP contribution in [0.2, 0.25) is 0 Å². The first-order valence-electron chi connectivity index (χ1n) is 7.91. The number of ketones is 1. The smallest absolute Gasteiger partial charge is 0.293 e. The van der Waals surface area contributed by atoms with Crippen LogP contribution in [-0.4, -0.2) is 20.8 Å². The fourth-order valence-electron chi connectivity index (χ4n) is 2.93. The molecule has 24 heavy (non-hydrogen) atoms. The van der Waals surface area contributed by atoms with Crippen LogP contribution >= 0.6 is 0 Å². The Morgan fingerprint density at radius 3 is 2.46 bits per heavy atom. The molecule has 3 rings (SSSR count). The molecule has 0 aromatic heterocycles. The molecule has 0 fully saturated rings. The van der Waals surface area contributed by atoms with Crippen LogP contribution in [0, 0.1) is 12.3 Å². The first-order chi connectivity index (χ1) is 11.3. The molecule has 0 bridgehead atoms. The first-order valence-corrected chi connectivity index (χ1v) is 9.31. The average Bonchev–Trinajstić information content (AvgIpc) is 2.58. The summed E-state index contributed by atoms with van der Waals surface area (Å²) in [5, 5.41) is 0. The summed E-state index contributed by atoms with van der Waals surface area (Å²) < 4.78 is 29.9. The van der Waals surface area contributed by atoms with Gasteiger partial charge in [-0.05, 0) is 44.4 Å². The van der Waals surface area contributed by atoms with Crippen molar-refractivity contribution in [2.75, 3.05) is 6.61 Å². The van der Waals surface area contributed by atoms with Crippen molar-refractivity contribution in [1.29, 1.82) is 0 Å². The zero-order valence-electron chi connectivity index (χ0n) is 13.8. The van der Waals surface area contributed by atoms with Gasteiger partial charge >= 0.3 is 0 Å². The van der Waals surface area contributed by atoms with Gasteiger partial charge in [0.1, 0.15) is 0 Å². The Balaban J connectivity index is 1.79. The van der Waals surface area contributed by atoms with Crippen molar-refractivity contribution in [3.05, 3.63) is 65.2 Å². The van der Waals surface area contributed by atoms with Crippen LogP contribution < -0.4 is 0 Å². The number of Topliss-reactive ketones (excluding diaryl/α,β-unsaturated/α-hetero) is 1. The molecule has 0 spiro atoms. The van der Waals surface area contributed by atoms with Crippen LogP contribution in [0.4, 0.5) is 0 Å². The van der Waals surface area contributed by atoms with Gasteiger partial charge in [-0.1, -0.05) is 42.0 Å². The monoisotopic (exact) mass is 344 g/mol. The molecule has 2 aromatic rings. The summed E-state index contributed by atoms with van der Waals surface area (Å²) in [4.78, 5) is 12.9. The van der Waals surface area contributed by atoms with Crippen molar-refractivity contribution < 1.29 is 17.4 Å². The molecule has 0 N–H and O–H groups in total. The molecule has 5 heteroatoms. The zero-order valence-corrected chi connectivity index (χ0v) is 14.6. The average molecular weight is 344 g/mol. The molecule has 1 unspecified atom stereocenters. The lowest BCUT2D eigenvalue weighted by atomic mass is 9.72. The van der Waals surface area contributed by atoms with Crippen molar-refractivity contribution in [2.24, 2.45) is 5.41 Å². The molecule has 1 aliphatic rings. The molecule has 0 amide bonds. The highest BCUT2D eigenvalue weighted by Crippen LogP contribution is 2.36. The third kappa shape index (κ3) is 3.14. The largest absolute Gasteiger partial charge is 0.297 e. The molecule has 4 nitrogen and oxygen atoms in total. The van der Waals surface area contributed by atoms with Gasteiger partial charge in [-0.15, -0.1) is 0 Å². The third-order valence-corrected chi connectivity index (χ3v) is 5.88. The Morgan fingerprint density at radius 2 is 1.75 bits per heavy atom. The number of fused-ring (bicyclic) bond motifs is 1. The molecular weight excluding hydrogens is 324 g/mol. The molecule has 0 heterocycles. The Hall–Kier alpha value is -1.98. The molecular formula is C19H20O4S. The SMILES string of the molecule is Cc1ccc(S(=O)(=O)OCC2(C)CCc3ccccc3C2=O)cc1. The molecule has 0 radical (unpaired) electrons. The van der Waals surface area contributed by atoms with Gasteiger partial charge in [0, 0.05) is 5.56 Å². The summed E-state index contributed by atoms with van der Waals surface area (Å²) in [7, 11) is -3.87. The lowest BCUT2D eigenvalue weighted by molar-refractivity contribution is 0.0683. The molecule has 1 aliphatic carbocycles. The van der Waals surface area contributed by atoms with Crippen LogP contribution in [0.1, 0.15) is 34.8 Å². The van der Waals surface area contributed by atoms with Crippen LogP contribution in [0.15, 0.2) is 53.4 Å². The summed E-state index contributed by atoms with van der Waals surface area (Å²) >= 11 is 0. The van der Waals surface area contributed by atoms with Gasteiger partial charge in [0.15, 0.2) is 5.78 Å². The van der Waals surface area contributed by atoms with Gasteiger partial charge in [0.25, 0.3) is 10.1 Å². The van der Waals surface area contributed by atoms with Crippen molar-refractivity contribution >= 4 is 15.9 Å². The van der Waals surface area contributed by atoms with Crippen LogP contribution in [-0.2, 0) is 20.7 Å². The van der Waals surface area contributed by atoms with Crippen molar-refractivity contribution in [2.45, 2.75) is 31.6 Å². The predicted octanol–water partition coefficient (Wildman–Crippen LogP) is 3.54. The molecule has 0 aliphatic heterocycles. The predicted molar refractivity (Wildman–Crippen MR) is 91.5 cm³/mol. The van der Waals surface area contributed by atoms with Gasteiger partial charge in [0.05, 0.1) is 16.9 Å². The van der Waals surface area contributed by atoms with Crippen LogP contribution in [0.3, 0.4) is 0 Å². The fraction of sp³-hybridized carbons (Fsp3) is 0.316. The summed E-state index contributed by atoms with van der Waals surface area (Å²) in [6.07, 6.45) is 1.32.